The highest BCUT2D eigenvalue weighted by Crippen LogP contribution is 2.37. The maximum absolute atomic E-state index is 11.9. The molecule has 1 aliphatic heterocycles. The molecule has 7 nitrogen and oxygen atoms in total. The smallest absolute Gasteiger partial charge is 0.234 e. The number of carbonyl (C=O) groups excluding carboxylic acids is 2. The third-order valence-electron chi connectivity index (χ3n) is 4.77. The number of piperidine rings is 1. The Labute approximate surface area is 145 Å². The number of hydrogen-bond acceptors (Lipinski definition) is 5. The normalized spacial score (nSPS) is 20.7. The third kappa shape index (κ3) is 6.37. The molecule has 0 unspecified atom stereocenters. The molecule has 0 spiro atoms. The van der Waals surface area contributed by atoms with Gasteiger partial charge in [0, 0.05) is 36.5 Å². The molecule has 5 N–H and O–H groups in total. The molecule has 0 aromatic heterocycles. The predicted octanol–water partition coefficient (Wildman–Crippen LogP) is 0.667. The second kappa shape index (κ2) is 8.78. The Bertz CT molecular complexity index is 420. The lowest BCUT2D eigenvalue weighted by Crippen LogP contribution is -2.65. The van der Waals surface area contributed by atoms with Gasteiger partial charge in [-0.1, -0.05) is 0 Å². The zero-order valence-electron chi connectivity index (χ0n) is 15.5. The number of carbonyl (C=O) groups is 2. The highest BCUT2D eigenvalue weighted by atomic mass is 16.3. The number of nitrogens with two attached hydrogens (primary N) is 1. The average Bonchev–Trinajstić information content (AvgIpc) is 2.44. The van der Waals surface area contributed by atoms with Crippen LogP contribution in [0.3, 0.4) is 0 Å². The molecule has 0 aromatic carbocycles. The molecule has 0 saturated carbocycles. The molecule has 0 atom stereocenters. The van der Waals surface area contributed by atoms with Gasteiger partial charge in [-0.2, -0.15) is 0 Å². The maximum atomic E-state index is 11.9. The van der Waals surface area contributed by atoms with Crippen LogP contribution in [-0.4, -0.2) is 52.1 Å². The van der Waals surface area contributed by atoms with Gasteiger partial charge < -0.3 is 10.8 Å². The minimum Gasteiger partial charge on any atom is -0.395 e. The first kappa shape index (κ1) is 20.9. The quantitative estimate of drug-likeness (QED) is 0.364. The Hall–Kier alpha value is -1.18. The fraction of sp³-hybridized carbons (Fsp3) is 0.882. The third-order valence-corrected chi connectivity index (χ3v) is 4.77. The van der Waals surface area contributed by atoms with Gasteiger partial charge in [0.1, 0.15) is 0 Å². The highest BCUT2D eigenvalue weighted by molar-refractivity contribution is 5.75. The maximum Gasteiger partial charge on any atom is 0.234 e. The van der Waals surface area contributed by atoms with E-state index in [1.165, 1.54) is 0 Å². The topological polar surface area (TPSA) is 108 Å². The van der Waals surface area contributed by atoms with Gasteiger partial charge in [-0.25, -0.2) is 5.43 Å². The van der Waals surface area contributed by atoms with Crippen LogP contribution < -0.4 is 16.6 Å². The fourth-order valence-electron chi connectivity index (χ4n) is 3.96. The van der Waals surface area contributed by atoms with Crippen molar-refractivity contribution in [1.29, 1.82) is 0 Å². The average molecular weight is 342 g/mol. The lowest BCUT2D eigenvalue weighted by Gasteiger charge is -2.55. The van der Waals surface area contributed by atoms with Gasteiger partial charge in [0.2, 0.25) is 11.8 Å². The van der Waals surface area contributed by atoms with Crippen molar-refractivity contribution in [3.05, 3.63) is 0 Å². The van der Waals surface area contributed by atoms with Gasteiger partial charge >= 0.3 is 0 Å². The Balaban J connectivity index is 2.44. The monoisotopic (exact) mass is 342 g/mol. The first-order valence-corrected chi connectivity index (χ1v) is 8.80. The van der Waals surface area contributed by atoms with Crippen LogP contribution in [0.2, 0.25) is 0 Å². The van der Waals surface area contributed by atoms with Crippen molar-refractivity contribution in [1.82, 2.24) is 15.8 Å². The number of aliphatic hydroxyl groups is 1. The Kier molecular flexibility index (Phi) is 7.63. The molecule has 0 bridgehead atoms. The van der Waals surface area contributed by atoms with Crippen LogP contribution in [0.15, 0.2) is 0 Å². The van der Waals surface area contributed by atoms with E-state index in [1.54, 1.807) is 0 Å². The number of β-amino-alcohol motifs (C(OH)–C–C–N with tert-alkyl or cyclic N) is 1. The largest absolute Gasteiger partial charge is 0.395 e. The molecule has 1 heterocycles. The molecule has 0 aliphatic carbocycles. The molecule has 0 radical (unpaired) electrons. The van der Waals surface area contributed by atoms with Crippen molar-refractivity contribution < 1.29 is 14.7 Å². The van der Waals surface area contributed by atoms with Gasteiger partial charge in [0.05, 0.1) is 6.61 Å². The molecule has 7 heteroatoms. The number of unbranched alkanes of at least 4 members (excludes halogenated alkanes) is 1. The first-order valence-electron chi connectivity index (χ1n) is 8.80. The van der Waals surface area contributed by atoms with Gasteiger partial charge in [-0.05, 0) is 53.4 Å². The zero-order valence-corrected chi connectivity index (χ0v) is 15.5. The van der Waals surface area contributed by atoms with Crippen molar-refractivity contribution in [3.63, 3.8) is 0 Å². The Morgan fingerprint density at radius 3 is 2.17 bits per heavy atom. The second-order valence-electron chi connectivity index (χ2n) is 7.97. The van der Waals surface area contributed by atoms with Crippen LogP contribution in [0.4, 0.5) is 0 Å². The van der Waals surface area contributed by atoms with E-state index < -0.39 is 0 Å². The number of hydrogen-bond donors (Lipinski definition) is 4. The summed E-state index contributed by atoms with van der Waals surface area (Å²) < 4.78 is 0. The van der Waals surface area contributed by atoms with E-state index in [0.29, 0.717) is 32.2 Å². The van der Waals surface area contributed by atoms with E-state index in [0.717, 1.165) is 12.8 Å². The SMILES string of the molecule is CC1(C)CC(NNC(=O)CCCCC(N)=O)CC(C)(C)N1CCO. The van der Waals surface area contributed by atoms with E-state index in [1.807, 2.05) is 0 Å². The summed E-state index contributed by atoms with van der Waals surface area (Å²) >= 11 is 0. The van der Waals surface area contributed by atoms with Gasteiger partial charge in [-0.3, -0.25) is 19.9 Å². The summed E-state index contributed by atoms with van der Waals surface area (Å²) in [6.07, 6.45) is 3.78. The first-order chi connectivity index (χ1) is 11.1. The summed E-state index contributed by atoms with van der Waals surface area (Å²) in [5.74, 6) is -0.388. The Morgan fingerprint density at radius 2 is 1.67 bits per heavy atom. The summed E-state index contributed by atoms with van der Waals surface area (Å²) in [4.78, 5) is 24.9. The van der Waals surface area contributed by atoms with Crippen molar-refractivity contribution in [2.24, 2.45) is 5.73 Å². The van der Waals surface area contributed by atoms with Crippen molar-refractivity contribution >= 4 is 11.8 Å². The minimum absolute atomic E-state index is 0.0611. The van der Waals surface area contributed by atoms with Crippen LogP contribution >= 0.6 is 0 Å². The summed E-state index contributed by atoms with van der Waals surface area (Å²) in [5, 5.41) is 9.32. The number of nitrogens with zero attached hydrogens (tertiary/aromatic N) is 1. The highest BCUT2D eigenvalue weighted by Gasteiger charge is 2.44. The number of hydrazine groups is 1. The van der Waals surface area contributed by atoms with Crippen molar-refractivity contribution in [3.8, 4) is 0 Å². The number of likely N-dealkylation sites (tertiary alicyclic amines) is 1. The number of amides is 2. The van der Waals surface area contributed by atoms with E-state index in [4.69, 9.17) is 5.73 Å². The lowest BCUT2D eigenvalue weighted by atomic mass is 9.77. The molecule has 1 rings (SSSR count). The number of aliphatic hydroxyl groups excluding tert-OH is 1. The number of primary amides is 1. The van der Waals surface area contributed by atoms with E-state index >= 15 is 0 Å². The van der Waals surface area contributed by atoms with Gasteiger partial charge in [-0.15, -0.1) is 0 Å². The summed E-state index contributed by atoms with van der Waals surface area (Å²) in [6.45, 7) is 9.48. The minimum atomic E-state index is -0.326. The van der Waals surface area contributed by atoms with Crippen molar-refractivity contribution in [2.45, 2.75) is 83.3 Å². The molecule has 24 heavy (non-hydrogen) atoms. The van der Waals surface area contributed by atoms with Crippen LogP contribution in [0.5, 0.6) is 0 Å². The van der Waals surface area contributed by atoms with Crippen molar-refractivity contribution in [2.75, 3.05) is 13.2 Å². The molecule has 2 amide bonds. The number of nitrogens with one attached hydrogen (secondary N) is 2. The second-order valence-corrected chi connectivity index (χ2v) is 7.97. The van der Waals surface area contributed by atoms with E-state index in [-0.39, 0.29) is 35.5 Å². The Morgan fingerprint density at radius 1 is 1.12 bits per heavy atom. The summed E-state index contributed by atoms with van der Waals surface area (Å²) in [7, 11) is 0. The van der Waals surface area contributed by atoms with E-state index in [9.17, 15) is 14.7 Å². The van der Waals surface area contributed by atoms with E-state index in [2.05, 4.69) is 43.4 Å². The molecular formula is C17H34N4O3. The molecular weight excluding hydrogens is 308 g/mol. The van der Waals surface area contributed by atoms with Crippen LogP contribution in [0.25, 0.3) is 0 Å². The number of rotatable bonds is 9. The van der Waals surface area contributed by atoms with Crippen LogP contribution in [0.1, 0.15) is 66.2 Å². The van der Waals surface area contributed by atoms with Gasteiger partial charge in [0.15, 0.2) is 0 Å². The standard InChI is InChI=1S/C17H34N4O3/c1-16(2)11-13(12-17(3,4)21(16)9-10-22)19-20-15(24)8-6-5-7-14(18)23/h13,19,22H,5-12H2,1-4H3,(H2,18,23)(H,20,24). The fourth-order valence-corrected chi connectivity index (χ4v) is 3.96. The molecule has 1 saturated heterocycles. The molecule has 1 fully saturated rings. The lowest BCUT2D eigenvalue weighted by molar-refractivity contribution is -0.123. The molecule has 140 valence electrons. The van der Waals surface area contributed by atoms with Crippen LogP contribution in [-0.2, 0) is 9.59 Å². The van der Waals surface area contributed by atoms with Crippen LogP contribution in [0, 0.1) is 0 Å². The molecule has 1 aliphatic rings. The molecule has 0 aromatic rings. The summed E-state index contributed by atoms with van der Waals surface area (Å²) in [6, 6.07) is 0.180. The van der Waals surface area contributed by atoms with Gasteiger partial charge in [0.25, 0.3) is 0 Å². The predicted molar refractivity (Wildman–Crippen MR) is 93.9 cm³/mol. The zero-order chi connectivity index (χ0) is 18.4. The summed E-state index contributed by atoms with van der Waals surface area (Å²) in [5.41, 5.74) is 10.9.